The van der Waals surface area contributed by atoms with Crippen molar-refractivity contribution in [1.29, 1.82) is 0 Å². The number of thiazole rings is 1. The third kappa shape index (κ3) is 2.16. The number of carbonyl (C=O) groups excluding carboxylic acids is 3. The van der Waals surface area contributed by atoms with Crippen LogP contribution in [0.3, 0.4) is 0 Å². The van der Waals surface area contributed by atoms with Crippen LogP contribution in [0.15, 0.2) is 18.2 Å². The highest BCUT2D eigenvalue weighted by Gasteiger charge is 2.33. The zero-order valence-electron chi connectivity index (χ0n) is 12.4. The van der Waals surface area contributed by atoms with Crippen LogP contribution in [0.25, 0.3) is 0 Å². The first-order valence-electron chi connectivity index (χ1n) is 7.31. The number of aryl methyl sites for hydroxylation is 2. The van der Waals surface area contributed by atoms with Crippen molar-refractivity contribution in [3.63, 3.8) is 0 Å². The molecule has 2 heterocycles. The van der Waals surface area contributed by atoms with E-state index in [0.29, 0.717) is 16.3 Å². The molecule has 1 aliphatic carbocycles. The topological polar surface area (TPSA) is 79.4 Å². The van der Waals surface area contributed by atoms with Crippen molar-refractivity contribution in [2.75, 3.05) is 12.4 Å². The van der Waals surface area contributed by atoms with E-state index in [9.17, 15) is 14.4 Å². The van der Waals surface area contributed by atoms with Crippen LogP contribution in [0.2, 0.25) is 0 Å². The van der Waals surface area contributed by atoms with Crippen molar-refractivity contribution in [1.82, 2.24) is 9.88 Å². The predicted molar refractivity (Wildman–Crippen MR) is 85.0 cm³/mol. The van der Waals surface area contributed by atoms with Gasteiger partial charge in [-0.15, -0.1) is 11.3 Å². The van der Waals surface area contributed by atoms with E-state index in [-0.39, 0.29) is 23.3 Å². The Hall–Kier alpha value is -2.54. The van der Waals surface area contributed by atoms with Gasteiger partial charge in [-0.3, -0.25) is 24.6 Å². The van der Waals surface area contributed by atoms with Gasteiger partial charge in [0.15, 0.2) is 5.13 Å². The molecule has 2 aliphatic rings. The Labute approximate surface area is 136 Å². The summed E-state index contributed by atoms with van der Waals surface area (Å²) >= 11 is 1.50. The van der Waals surface area contributed by atoms with Crippen molar-refractivity contribution < 1.29 is 14.4 Å². The monoisotopic (exact) mass is 327 g/mol. The second-order valence-corrected chi connectivity index (χ2v) is 6.71. The summed E-state index contributed by atoms with van der Waals surface area (Å²) in [6.07, 6.45) is 3.10. The Kier molecular flexibility index (Phi) is 3.05. The van der Waals surface area contributed by atoms with Crippen LogP contribution in [0.5, 0.6) is 0 Å². The molecule has 0 radical (unpaired) electrons. The fourth-order valence-corrected chi connectivity index (χ4v) is 3.96. The Bertz CT molecular complexity index is 850. The van der Waals surface area contributed by atoms with Gasteiger partial charge < -0.3 is 0 Å². The number of hydrogen-bond acceptors (Lipinski definition) is 5. The summed E-state index contributed by atoms with van der Waals surface area (Å²) in [6.45, 7) is 0. The molecule has 1 aromatic carbocycles. The maximum atomic E-state index is 12.4. The highest BCUT2D eigenvalue weighted by molar-refractivity contribution is 7.16. The predicted octanol–water partition coefficient (Wildman–Crippen LogP) is 2.11. The van der Waals surface area contributed by atoms with Gasteiger partial charge in [0.2, 0.25) is 0 Å². The molecular weight excluding hydrogens is 314 g/mol. The lowest BCUT2D eigenvalue weighted by Gasteiger charge is -2.03. The van der Waals surface area contributed by atoms with E-state index in [2.05, 4.69) is 10.3 Å². The zero-order chi connectivity index (χ0) is 16.1. The molecule has 116 valence electrons. The average Bonchev–Trinajstić information content (AvgIpc) is 3.18. The summed E-state index contributed by atoms with van der Waals surface area (Å²) in [4.78, 5) is 42.9. The largest absolute Gasteiger partial charge is 0.298 e. The van der Waals surface area contributed by atoms with Crippen LogP contribution in [0.4, 0.5) is 5.13 Å². The lowest BCUT2D eigenvalue weighted by molar-refractivity contribution is 0.0693. The smallest absolute Gasteiger partial charge is 0.261 e. The number of amides is 3. The highest BCUT2D eigenvalue weighted by atomic mass is 32.1. The summed E-state index contributed by atoms with van der Waals surface area (Å²) < 4.78 is 0. The number of anilines is 1. The molecule has 1 N–H and O–H groups in total. The molecule has 0 bridgehead atoms. The Morgan fingerprint density at radius 2 is 2.00 bits per heavy atom. The summed E-state index contributed by atoms with van der Waals surface area (Å²) in [7, 11) is 1.43. The van der Waals surface area contributed by atoms with Crippen LogP contribution in [0.1, 0.15) is 48.1 Å². The first-order chi connectivity index (χ1) is 11.0. The molecule has 23 heavy (non-hydrogen) atoms. The Morgan fingerprint density at radius 3 is 2.78 bits per heavy atom. The molecule has 0 atom stereocenters. The SMILES string of the molecule is CN1C(=O)c2ccc(C(=O)Nc3nc4c(s3)CCC4)cc2C1=O. The minimum Gasteiger partial charge on any atom is -0.298 e. The first kappa shape index (κ1) is 14.1. The Morgan fingerprint density at radius 1 is 1.22 bits per heavy atom. The number of imide groups is 1. The third-order valence-electron chi connectivity index (χ3n) is 4.17. The van der Waals surface area contributed by atoms with Gasteiger partial charge in [-0.1, -0.05) is 0 Å². The molecule has 0 unspecified atom stereocenters. The van der Waals surface area contributed by atoms with Crippen molar-refractivity contribution in [3.8, 4) is 0 Å². The lowest BCUT2D eigenvalue weighted by atomic mass is 10.1. The summed E-state index contributed by atoms with van der Waals surface area (Å²) in [5, 5.41) is 3.36. The summed E-state index contributed by atoms with van der Waals surface area (Å²) in [5.41, 5.74) is 2.02. The number of carbonyl (C=O) groups is 3. The molecule has 1 aromatic heterocycles. The second-order valence-electron chi connectivity index (χ2n) is 5.63. The number of rotatable bonds is 2. The van der Waals surface area contributed by atoms with Crippen LogP contribution in [-0.2, 0) is 12.8 Å². The van der Waals surface area contributed by atoms with E-state index in [4.69, 9.17) is 0 Å². The van der Waals surface area contributed by atoms with E-state index in [1.165, 1.54) is 35.4 Å². The molecule has 0 saturated heterocycles. The van der Waals surface area contributed by atoms with Crippen molar-refractivity contribution in [3.05, 3.63) is 45.5 Å². The fourth-order valence-electron chi connectivity index (χ4n) is 2.92. The molecule has 0 fully saturated rings. The van der Waals surface area contributed by atoms with Gasteiger partial charge in [0.05, 0.1) is 16.8 Å². The van der Waals surface area contributed by atoms with Crippen LogP contribution < -0.4 is 5.32 Å². The molecule has 7 heteroatoms. The second kappa shape index (κ2) is 4.99. The molecule has 1 aliphatic heterocycles. The molecule has 0 saturated carbocycles. The highest BCUT2D eigenvalue weighted by Crippen LogP contribution is 2.31. The van der Waals surface area contributed by atoms with E-state index in [1.807, 2.05) is 0 Å². The maximum absolute atomic E-state index is 12.4. The number of nitrogens with one attached hydrogen (secondary N) is 1. The van der Waals surface area contributed by atoms with Crippen molar-refractivity contribution >= 4 is 34.2 Å². The van der Waals surface area contributed by atoms with Crippen molar-refractivity contribution in [2.45, 2.75) is 19.3 Å². The maximum Gasteiger partial charge on any atom is 0.261 e. The van der Waals surface area contributed by atoms with Gasteiger partial charge in [0.25, 0.3) is 17.7 Å². The number of benzene rings is 1. The Balaban J connectivity index is 1.60. The van der Waals surface area contributed by atoms with Crippen LogP contribution >= 0.6 is 11.3 Å². The lowest BCUT2D eigenvalue weighted by Crippen LogP contribution is -2.24. The number of hydrogen-bond donors (Lipinski definition) is 1. The summed E-state index contributed by atoms with van der Waals surface area (Å²) in [6, 6.07) is 4.55. The molecule has 0 spiro atoms. The van der Waals surface area contributed by atoms with E-state index in [0.717, 1.165) is 29.9 Å². The summed E-state index contributed by atoms with van der Waals surface area (Å²) in [5.74, 6) is -1.05. The van der Waals surface area contributed by atoms with Gasteiger partial charge in [0, 0.05) is 17.5 Å². The van der Waals surface area contributed by atoms with Gasteiger partial charge >= 0.3 is 0 Å². The quantitative estimate of drug-likeness (QED) is 0.857. The molecule has 2 aromatic rings. The zero-order valence-corrected chi connectivity index (χ0v) is 13.2. The number of aromatic nitrogens is 1. The number of fused-ring (bicyclic) bond motifs is 2. The number of nitrogens with zero attached hydrogens (tertiary/aromatic N) is 2. The minimum atomic E-state index is -0.382. The van der Waals surface area contributed by atoms with E-state index in [1.54, 1.807) is 6.07 Å². The molecule has 4 rings (SSSR count). The average molecular weight is 327 g/mol. The van der Waals surface area contributed by atoms with Gasteiger partial charge in [-0.25, -0.2) is 4.98 Å². The molecule has 6 nitrogen and oxygen atoms in total. The van der Waals surface area contributed by atoms with Crippen molar-refractivity contribution in [2.24, 2.45) is 0 Å². The first-order valence-corrected chi connectivity index (χ1v) is 8.12. The fraction of sp³-hybridized carbons (Fsp3) is 0.250. The van der Waals surface area contributed by atoms with Crippen LogP contribution in [0, 0.1) is 0 Å². The van der Waals surface area contributed by atoms with E-state index >= 15 is 0 Å². The van der Waals surface area contributed by atoms with Crippen LogP contribution in [-0.4, -0.2) is 34.7 Å². The van der Waals surface area contributed by atoms with Gasteiger partial charge in [0.1, 0.15) is 0 Å². The molecule has 3 amide bonds. The normalized spacial score (nSPS) is 15.8. The minimum absolute atomic E-state index is 0.270. The van der Waals surface area contributed by atoms with E-state index < -0.39 is 0 Å². The van der Waals surface area contributed by atoms with Gasteiger partial charge in [-0.05, 0) is 37.5 Å². The standard InChI is InChI=1S/C16H13N3O3S/c1-19-14(21)9-6-5-8(7-10(9)15(19)22)13(20)18-16-17-11-3-2-4-12(11)23-16/h5-7H,2-4H2,1H3,(H,17,18,20). The molecular formula is C16H13N3O3S. The third-order valence-corrected chi connectivity index (χ3v) is 5.24. The van der Waals surface area contributed by atoms with Gasteiger partial charge in [-0.2, -0.15) is 0 Å².